The Morgan fingerprint density at radius 2 is 1.78 bits per heavy atom. The lowest BCUT2D eigenvalue weighted by Gasteiger charge is -2.36. The van der Waals surface area contributed by atoms with E-state index in [-0.39, 0.29) is 10.6 Å². The van der Waals surface area contributed by atoms with E-state index in [4.69, 9.17) is 0 Å². The van der Waals surface area contributed by atoms with Gasteiger partial charge in [0.05, 0.1) is 4.92 Å². The molecule has 0 radical (unpaired) electrons. The van der Waals surface area contributed by atoms with Crippen LogP contribution in [-0.2, 0) is 0 Å². The van der Waals surface area contributed by atoms with Crippen molar-refractivity contribution in [2.45, 2.75) is 18.8 Å². The molecule has 0 unspecified atom stereocenters. The third kappa shape index (κ3) is 2.75. The second-order valence-electron chi connectivity index (χ2n) is 7.00. The molecule has 138 valence electrons. The minimum atomic E-state index is -0.320. The third-order valence-corrected chi connectivity index (χ3v) is 5.28. The van der Waals surface area contributed by atoms with Gasteiger partial charge in [-0.1, -0.05) is 12.1 Å². The van der Waals surface area contributed by atoms with Crippen LogP contribution >= 0.6 is 0 Å². The van der Waals surface area contributed by atoms with E-state index in [2.05, 4.69) is 29.4 Å². The maximum Gasteiger partial charge on any atom is 0.292 e. The molecule has 5 rings (SSSR count). The van der Waals surface area contributed by atoms with Crippen LogP contribution in [0, 0.1) is 10.1 Å². The van der Waals surface area contributed by atoms with E-state index in [0.29, 0.717) is 24.7 Å². The summed E-state index contributed by atoms with van der Waals surface area (Å²) in [5, 5.41) is 20.0. The van der Waals surface area contributed by atoms with Crippen LogP contribution in [0.15, 0.2) is 36.7 Å². The van der Waals surface area contributed by atoms with Crippen LogP contribution in [0.4, 0.5) is 17.2 Å². The van der Waals surface area contributed by atoms with Crippen LogP contribution in [0.25, 0.3) is 5.65 Å². The highest BCUT2D eigenvalue weighted by atomic mass is 16.6. The summed E-state index contributed by atoms with van der Waals surface area (Å²) in [6.45, 7) is 2.84. The number of nitrogens with zero attached hydrogens (tertiary/aromatic N) is 7. The molecule has 0 atom stereocenters. The van der Waals surface area contributed by atoms with Gasteiger partial charge in [0.1, 0.15) is 11.5 Å². The number of nitro benzene ring substituents is 1. The molecular weight excluding hydrogens is 346 g/mol. The van der Waals surface area contributed by atoms with Crippen molar-refractivity contribution in [2.24, 2.45) is 0 Å². The second kappa shape index (κ2) is 6.19. The Balaban J connectivity index is 1.38. The molecule has 0 N–H and O–H groups in total. The molecule has 1 aliphatic heterocycles. The number of nitro groups is 1. The summed E-state index contributed by atoms with van der Waals surface area (Å²) in [6.07, 6.45) is 6.07. The first-order valence-corrected chi connectivity index (χ1v) is 9.15. The summed E-state index contributed by atoms with van der Waals surface area (Å²) in [5.74, 6) is 2.37. The van der Waals surface area contributed by atoms with Crippen molar-refractivity contribution in [2.75, 3.05) is 36.0 Å². The van der Waals surface area contributed by atoms with Gasteiger partial charge in [0.15, 0.2) is 5.82 Å². The summed E-state index contributed by atoms with van der Waals surface area (Å²) < 4.78 is 2.05. The number of benzene rings is 1. The zero-order chi connectivity index (χ0) is 18.4. The molecule has 3 heterocycles. The van der Waals surface area contributed by atoms with E-state index in [1.165, 1.54) is 12.8 Å². The average Bonchev–Trinajstić information content (AvgIpc) is 3.46. The van der Waals surface area contributed by atoms with Crippen LogP contribution < -0.4 is 9.80 Å². The largest absolute Gasteiger partial charge is 0.362 e. The first-order valence-electron chi connectivity index (χ1n) is 9.15. The fourth-order valence-electron chi connectivity index (χ4n) is 3.72. The fourth-order valence-corrected chi connectivity index (χ4v) is 3.72. The van der Waals surface area contributed by atoms with Gasteiger partial charge in [0, 0.05) is 50.6 Å². The normalized spacial score (nSPS) is 17.5. The number of hydrogen-bond donors (Lipinski definition) is 0. The summed E-state index contributed by atoms with van der Waals surface area (Å²) in [5.41, 5.74) is 1.61. The lowest BCUT2D eigenvalue weighted by Crippen LogP contribution is -2.47. The van der Waals surface area contributed by atoms with Crippen molar-refractivity contribution in [3.8, 4) is 0 Å². The summed E-state index contributed by atoms with van der Waals surface area (Å²) in [4.78, 5) is 19.8. The predicted octanol–water partition coefficient (Wildman–Crippen LogP) is 2.24. The number of piperazine rings is 1. The van der Waals surface area contributed by atoms with Crippen molar-refractivity contribution in [3.05, 3.63) is 52.6 Å². The Labute approximate surface area is 155 Å². The standard InChI is InChI=1S/C18H19N7O2/c26-25(27)15-4-2-1-3-14(15)22-9-11-23(12-10-22)17-18-21-20-16(13-5-6-13)24(18)8-7-19-17/h1-4,7-8,13H,5-6,9-12H2. The Hall–Kier alpha value is -3.23. The summed E-state index contributed by atoms with van der Waals surface area (Å²) >= 11 is 0. The lowest BCUT2D eigenvalue weighted by molar-refractivity contribution is -0.384. The van der Waals surface area contributed by atoms with Crippen molar-refractivity contribution < 1.29 is 4.92 Å². The molecule has 1 saturated carbocycles. The molecule has 2 fully saturated rings. The number of rotatable bonds is 4. The van der Waals surface area contributed by atoms with Gasteiger partial charge < -0.3 is 9.80 Å². The fraction of sp³-hybridized carbons (Fsp3) is 0.389. The number of anilines is 2. The maximum absolute atomic E-state index is 11.3. The van der Waals surface area contributed by atoms with E-state index in [1.54, 1.807) is 18.3 Å². The van der Waals surface area contributed by atoms with Crippen LogP contribution in [0.1, 0.15) is 24.6 Å². The molecule has 1 saturated heterocycles. The van der Waals surface area contributed by atoms with Crippen LogP contribution in [0.3, 0.4) is 0 Å². The average molecular weight is 365 g/mol. The molecule has 1 aromatic carbocycles. The predicted molar refractivity (Wildman–Crippen MR) is 100 cm³/mol. The smallest absolute Gasteiger partial charge is 0.292 e. The van der Waals surface area contributed by atoms with Gasteiger partial charge in [-0.3, -0.25) is 14.5 Å². The van der Waals surface area contributed by atoms with E-state index in [1.807, 2.05) is 18.3 Å². The maximum atomic E-state index is 11.3. The third-order valence-electron chi connectivity index (χ3n) is 5.28. The van der Waals surface area contributed by atoms with E-state index >= 15 is 0 Å². The van der Waals surface area contributed by atoms with Gasteiger partial charge in [-0.25, -0.2) is 4.98 Å². The van der Waals surface area contributed by atoms with Crippen LogP contribution in [0.5, 0.6) is 0 Å². The number of fused-ring (bicyclic) bond motifs is 1. The summed E-state index contributed by atoms with van der Waals surface area (Å²) in [6, 6.07) is 6.91. The van der Waals surface area contributed by atoms with Gasteiger partial charge in [-0.15, -0.1) is 10.2 Å². The van der Waals surface area contributed by atoms with E-state index < -0.39 is 0 Å². The molecule has 9 heteroatoms. The van der Waals surface area contributed by atoms with Gasteiger partial charge >= 0.3 is 0 Å². The molecule has 9 nitrogen and oxygen atoms in total. The van der Waals surface area contributed by atoms with Crippen molar-refractivity contribution in [3.63, 3.8) is 0 Å². The zero-order valence-corrected chi connectivity index (χ0v) is 14.7. The molecular formula is C18H19N7O2. The molecule has 3 aromatic rings. The quantitative estimate of drug-likeness (QED) is 0.517. The number of para-hydroxylation sites is 2. The highest BCUT2D eigenvalue weighted by Crippen LogP contribution is 2.39. The molecule has 0 spiro atoms. The molecule has 1 aliphatic carbocycles. The minimum absolute atomic E-state index is 0.151. The molecule has 2 aliphatic rings. The van der Waals surface area contributed by atoms with Crippen LogP contribution in [-0.4, -0.2) is 50.7 Å². The molecule has 0 amide bonds. The summed E-state index contributed by atoms with van der Waals surface area (Å²) in [7, 11) is 0. The van der Waals surface area contributed by atoms with Crippen LogP contribution in [0.2, 0.25) is 0 Å². The first kappa shape index (κ1) is 16.0. The van der Waals surface area contributed by atoms with E-state index in [0.717, 1.165) is 30.4 Å². The Bertz CT molecular complexity index is 1010. The van der Waals surface area contributed by atoms with Gasteiger partial charge in [0.2, 0.25) is 5.65 Å². The number of aromatic nitrogens is 4. The Morgan fingerprint density at radius 3 is 2.52 bits per heavy atom. The minimum Gasteiger partial charge on any atom is -0.362 e. The Morgan fingerprint density at radius 1 is 1.04 bits per heavy atom. The van der Waals surface area contributed by atoms with Crippen molar-refractivity contribution >= 4 is 22.8 Å². The highest BCUT2D eigenvalue weighted by molar-refractivity contribution is 5.67. The van der Waals surface area contributed by atoms with E-state index in [9.17, 15) is 10.1 Å². The first-order chi connectivity index (χ1) is 13.2. The van der Waals surface area contributed by atoms with Crippen molar-refractivity contribution in [1.29, 1.82) is 0 Å². The molecule has 0 bridgehead atoms. The topological polar surface area (TPSA) is 92.7 Å². The number of hydrogen-bond acceptors (Lipinski definition) is 7. The van der Waals surface area contributed by atoms with Gasteiger partial charge in [-0.05, 0) is 18.9 Å². The Kier molecular flexibility index (Phi) is 3.66. The zero-order valence-electron chi connectivity index (χ0n) is 14.7. The SMILES string of the molecule is O=[N+]([O-])c1ccccc1N1CCN(c2nccn3c(C4CC4)nnc23)CC1. The second-order valence-corrected chi connectivity index (χ2v) is 7.00. The molecule has 2 aromatic heterocycles. The van der Waals surface area contributed by atoms with Gasteiger partial charge in [-0.2, -0.15) is 0 Å². The van der Waals surface area contributed by atoms with Gasteiger partial charge in [0.25, 0.3) is 5.69 Å². The molecule has 27 heavy (non-hydrogen) atoms. The lowest BCUT2D eigenvalue weighted by atomic mass is 10.2. The van der Waals surface area contributed by atoms with Crippen molar-refractivity contribution in [1.82, 2.24) is 19.6 Å². The monoisotopic (exact) mass is 365 g/mol. The highest BCUT2D eigenvalue weighted by Gasteiger charge is 2.30.